The average molecular weight is 498 g/mol. The zero-order chi connectivity index (χ0) is 19.5. The molecule has 1 fully saturated rings. The van der Waals surface area contributed by atoms with Gasteiger partial charge in [0.2, 0.25) is 0 Å². The summed E-state index contributed by atoms with van der Waals surface area (Å²) in [5, 5.41) is 6.86. The fourth-order valence-electron chi connectivity index (χ4n) is 3.65. The van der Waals surface area contributed by atoms with Crippen molar-refractivity contribution in [1.82, 2.24) is 20.4 Å². The van der Waals surface area contributed by atoms with Gasteiger partial charge in [0.15, 0.2) is 5.96 Å². The summed E-state index contributed by atoms with van der Waals surface area (Å²) in [6, 6.07) is 2.09. The summed E-state index contributed by atoms with van der Waals surface area (Å²) in [5.41, 5.74) is 0. The van der Waals surface area contributed by atoms with Crippen molar-refractivity contribution in [3.63, 3.8) is 0 Å². The molecule has 0 saturated carbocycles. The molecule has 0 aliphatic carbocycles. The van der Waals surface area contributed by atoms with E-state index in [9.17, 15) is 0 Å². The van der Waals surface area contributed by atoms with Crippen LogP contribution >= 0.6 is 24.0 Å². The first kappa shape index (κ1) is 26.9. The Kier molecular flexibility index (Phi) is 14.8. The Morgan fingerprint density at radius 3 is 2.41 bits per heavy atom. The van der Waals surface area contributed by atoms with E-state index in [2.05, 4.69) is 68.9 Å². The predicted octanol–water partition coefficient (Wildman–Crippen LogP) is 2.78. The molecule has 1 saturated heterocycles. The van der Waals surface area contributed by atoms with E-state index in [1.165, 1.54) is 0 Å². The van der Waals surface area contributed by atoms with E-state index in [4.69, 9.17) is 9.73 Å². The Hall–Kier alpha value is -0.120. The minimum Gasteiger partial charge on any atom is -0.379 e. The van der Waals surface area contributed by atoms with Crippen molar-refractivity contribution in [2.45, 2.75) is 79.1 Å². The highest BCUT2D eigenvalue weighted by molar-refractivity contribution is 14.0. The molecule has 0 radical (unpaired) electrons. The Balaban J connectivity index is 0.00000676. The molecule has 162 valence electrons. The van der Waals surface area contributed by atoms with Crippen LogP contribution in [-0.4, -0.2) is 85.9 Å². The summed E-state index contributed by atoms with van der Waals surface area (Å²) in [5.74, 6) is 0.931. The van der Waals surface area contributed by atoms with E-state index < -0.39 is 0 Å². The maximum atomic E-state index is 5.54. The summed E-state index contributed by atoms with van der Waals surface area (Å²) < 4.78 is 5.54. The monoisotopic (exact) mass is 497 g/mol. The number of hydrogen-bond donors (Lipinski definition) is 2. The van der Waals surface area contributed by atoms with Crippen LogP contribution in [0.2, 0.25) is 0 Å². The van der Waals surface area contributed by atoms with Crippen LogP contribution in [0.4, 0.5) is 0 Å². The molecule has 0 aromatic rings. The first-order valence-electron chi connectivity index (χ1n) is 10.5. The van der Waals surface area contributed by atoms with E-state index in [0.29, 0.717) is 24.2 Å². The first-order valence-corrected chi connectivity index (χ1v) is 10.5. The molecule has 0 bridgehead atoms. The van der Waals surface area contributed by atoms with Gasteiger partial charge in [0.05, 0.1) is 19.8 Å². The van der Waals surface area contributed by atoms with Crippen LogP contribution in [0.3, 0.4) is 0 Å². The Bertz CT molecular complexity index is 398. The highest BCUT2D eigenvalue weighted by Crippen LogP contribution is 2.11. The van der Waals surface area contributed by atoms with Gasteiger partial charge in [-0.05, 0) is 54.9 Å². The van der Waals surface area contributed by atoms with Crippen molar-refractivity contribution in [3.8, 4) is 0 Å². The average Bonchev–Trinajstić information content (AvgIpc) is 2.58. The zero-order valence-corrected chi connectivity index (χ0v) is 21.0. The lowest BCUT2D eigenvalue weighted by Gasteiger charge is -2.37. The Morgan fingerprint density at radius 2 is 1.85 bits per heavy atom. The number of aliphatic imine (C=N–C) groups is 1. The van der Waals surface area contributed by atoms with E-state index >= 15 is 0 Å². The summed E-state index contributed by atoms with van der Waals surface area (Å²) >= 11 is 0. The van der Waals surface area contributed by atoms with Crippen LogP contribution in [-0.2, 0) is 4.74 Å². The highest BCUT2D eigenvalue weighted by atomic mass is 127. The molecule has 6 nitrogen and oxygen atoms in total. The van der Waals surface area contributed by atoms with E-state index in [0.717, 1.165) is 58.3 Å². The molecule has 27 heavy (non-hydrogen) atoms. The number of nitrogens with one attached hydrogen (secondary N) is 2. The summed E-state index contributed by atoms with van der Waals surface area (Å²) in [6.07, 6.45) is 1.12. The minimum absolute atomic E-state index is 0. The standard InChI is InChI=1S/C20H43N5O.HI/c1-8-21-20(22-10-9-11-24(16(2)3)17(4)5)23-14-18(6)25-12-13-26-15-19(25)7;/h16-19H,8-15H2,1-7H3,(H2,21,22,23);1H. The van der Waals surface area contributed by atoms with E-state index in [1.54, 1.807) is 0 Å². The third kappa shape index (κ3) is 10.3. The normalized spacial score (nSPS) is 20.1. The number of hydrogen-bond acceptors (Lipinski definition) is 4. The Labute approximate surface area is 184 Å². The number of morpholine rings is 1. The van der Waals surface area contributed by atoms with E-state index in [-0.39, 0.29) is 24.0 Å². The number of rotatable bonds is 10. The maximum absolute atomic E-state index is 5.54. The summed E-state index contributed by atoms with van der Waals surface area (Å²) in [4.78, 5) is 9.84. The number of ether oxygens (including phenoxy) is 1. The van der Waals surface area contributed by atoms with Crippen LogP contribution in [0.5, 0.6) is 0 Å². The molecule has 1 heterocycles. The van der Waals surface area contributed by atoms with Gasteiger partial charge in [-0.15, -0.1) is 24.0 Å². The van der Waals surface area contributed by atoms with Gasteiger partial charge in [-0.1, -0.05) is 0 Å². The number of nitrogens with zero attached hydrogens (tertiary/aromatic N) is 3. The molecule has 0 aromatic heterocycles. The molecular formula is C20H44IN5O. The summed E-state index contributed by atoms with van der Waals surface area (Å²) in [7, 11) is 0. The molecule has 0 aromatic carbocycles. The molecule has 0 amide bonds. The van der Waals surface area contributed by atoms with E-state index in [1.807, 2.05) is 0 Å². The van der Waals surface area contributed by atoms with Gasteiger partial charge in [-0.25, -0.2) is 0 Å². The van der Waals surface area contributed by atoms with Crippen LogP contribution in [0, 0.1) is 0 Å². The fourth-order valence-corrected chi connectivity index (χ4v) is 3.65. The lowest BCUT2D eigenvalue weighted by Crippen LogP contribution is -2.49. The second kappa shape index (κ2) is 14.8. The molecule has 1 aliphatic heterocycles. The first-order chi connectivity index (χ1) is 12.4. The topological polar surface area (TPSA) is 52.1 Å². The molecule has 2 unspecified atom stereocenters. The largest absolute Gasteiger partial charge is 0.379 e. The second-order valence-corrected chi connectivity index (χ2v) is 7.94. The van der Waals surface area contributed by atoms with Crippen LogP contribution in [0.15, 0.2) is 4.99 Å². The molecule has 1 aliphatic rings. The fraction of sp³-hybridized carbons (Fsp3) is 0.950. The lowest BCUT2D eigenvalue weighted by atomic mass is 10.2. The van der Waals surface area contributed by atoms with Gasteiger partial charge in [0, 0.05) is 50.3 Å². The molecule has 0 spiro atoms. The molecule has 7 heteroatoms. The molecule has 2 atom stereocenters. The number of guanidine groups is 1. The van der Waals surface area contributed by atoms with Crippen molar-refractivity contribution in [1.29, 1.82) is 0 Å². The number of halogens is 1. The van der Waals surface area contributed by atoms with Gasteiger partial charge in [0.1, 0.15) is 0 Å². The van der Waals surface area contributed by atoms with Crippen molar-refractivity contribution < 1.29 is 4.74 Å². The van der Waals surface area contributed by atoms with Gasteiger partial charge < -0.3 is 15.4 Å². The van der Waals surface area contributed by atoms with Gasteiger partial charge >= 0.3 is 0 Å². The SMILES string of the molecule is CCNC(=NCC(C)N1CCOCC1C)NCCCN(C(C)C)C(C)C.I. The van der Waals surface area contributed by atoms with Crippen LogP contribution in [0.1, 0.15) is 54.9 Å². The zero-order valence-electron chi connectivity index (χ0n) is 18.6. The van der Waals surface area contributed by atoms with Crippen molar-refractivity contribution >= 4 is 29.9 Å². The minimum atomic E-state index is 0. The molecular weight excluding hydrogens is 453 g/mol. The van der Waals surface area contributed by atoms with Crippen LogP contribution in [0.25, 0.3) is 0 Å². The third-order valence-electron chi connectivity index (χ3n) is 5.06. The maximum Gasteiger partial charge on any atom is 0.191 e. The smallest absolute Gasteiger partial charge is 0.191 e. The third-order valence-corrected chi connectivity index (χ3v) is 5.06. The van der Waals surface area contributed by atoms with Crippen LogP contribution < -0.4 is 10.6 Å². The predicted molar refractivity (Wildman–Crippen MR) is 127 cm³/mol. The summed E-state index contributed by atoms with van der Waals surface area (Å²) in [6.45, 7) is 22.1. The quantitative estimate of drug-likeness (QED) is 0.211. The molecule has 2 N–H and O–H groups in total. The second-order valence-electron chi connectivity index (χ2n) is 7.94. The lowest BCUT2D eigenvalue weighted by molar-refractivity contribution is -0.0165. The van der Waals surface area contributed by atoms with Gasteiger partial charge in [0.25, 0.3) is 0 Å². The molecule has 1 rings (SSSR count). The van der Waals surface area contributed by atoms with Crippen molar-refractivity contribution in [3.05, 3.63) is 0 Å². The van der Waals surface area contributed by atoms with Crippen molar-refractivity contribution in [2.24, 2.45) is 4.99 Å². The van der Waals surface area contributed by atoms with Gasteiger partial charge in [-0.3, -0.25) is 14.8 Å². The van der Waals surface area contributed by atoms with Crippen molar-refractivity contribution in [2.75, 3.05) is 45.9 Å². The Morgan fingerprint density at radius 1 is 1.19 bits per heavy atom. The van der Waals surface area contributed by atoms with Gasteiger partial charge in [-0.2, -0.15) is 0 Å². The highest BCUT2D eigenvalue weighted by Gasteiger charge is 2.23.